The number of anilines is 2. The van der Waals surface area contributed by atoms with Gasteiger partial charge in [0.25, 0.3) is 0 Å². The van der Waals surface area contributed by atoms with Gasteiger partial charge in [-0.1, -0.05) is 12.1 Å². The highest BCUT2D eigenvalue weighted by atomic mass is 16.6. The van der Waals surface area contributed by atoms with E-state index in [1.807, 2.05) is 7.05 Å². The standard InChI is InChI=1S/C25H31N3O3/c1-26-18-8-6-17(7-9-18)25-24(27-29-2)22-11-10-21(31-20-12-14-30-15-13-20)16-23(22)28(25)19-4-3-5-19/h6-11,16,19-20,26-27H,3-5,12-15H2,1-2H3. The minimum atomic E-state index is 0.225. The lowest BCUT2D eigenvalue weighted by Crippen LogP contribution is -2.25. The third-order valence-electron chi connectivity index (χ3n) is 6.54. The average molecular weight is 422 g/mol. The first-order valence-electron chi connectivity index (χ1n) is 11.3. The molecule has 2 aliphatic rings. The van der Waals surface area contributed by atoms with Gasteiger partial charge < -0.3 is 19.4 Å². The highest BCUT2D eigenvalue weighted by molar-refractivity contribution is 6.02. The minimum absolute atomic E-state index is 0.225. The number of rotatable bonds is 7. The SMILES string of the molecule is CNc1ccc(-c2c(NOC)c3ccc(OC4CCOCC4)cc3n2C2CCC2)cc1. The van der Waals surface area contributed by atoms with Crippen LogP contribution in [0.4, 0.5) is 11.4 Å². The maximum Gasteiger partial charge on any atom is 0.121 e. The van der Waals surface area contributed by atoms with Gasteiger partial charge in [-0.25, -0.2) is 0 Å². The van der Waals surface area contributed by atoms with Crippen molar-refractivity contribution in [3.05, 3.63) is 42.5 Å². The summed E-state index contributed by atoms with van der Waals surface area (Å²) in [5, 5.41) is 4.36. The van der Waals surface area contributed by atoms with Gasteiger partial charge >= 0.3 is 0 Å². The van der Waals surface area contributed by atoms with Crippen LogP contribution in [0, 0.1) is 0 Å². The van der Waals surface area contributed by atoms with Gasteiger partial charge in [-0.3, -0.25) is 10.3 Å². The zero-order valence-electron chi connectivity index (χ0n) is 18.3. The Labute approximate surface area is 183 Å². The number of hydrogen-bond acceptors (Lipinski definition) is 5. The van der Waals surface area contributed by atoms with Crippen molar-refractivity contribution < 1.29 is 14.3 Å². The fourth-order valence-electron chi connectivity index (χ4n) is 4.66. The second kappa shape index (κ2) is 8.81. The van der Waals surface area contributed by atoms with Gasteiger partial charge in [0, 0.05) is 48.6 Å². The molecule has 0 atom stereocenters. The highest BCUT2D eigenvalue weighted by Gasteiger charge is 2.28. The summed E-state index contributed by atoms with van der Waals surface area (Å²) >= 11 is 0. The Morgan fingerprint density at radius 3 is 2.42 bits per heavy atom. The van der Waals surface area contributed by atoms with Crippen LogP contribution in [0.25, 0.3) is 22.2 Å². The first-order chi connectivity index (χ1) is 15.3. The Hall–Kier alpha value is -2.70. The fraction of sp³-hybridized carbons (Fsp3) is 0.440. The lowest BCUT2D eigenvalue weighted by atomic mass is 9.92. The third-order valence-corrected chi connectivity index (χ3v) is 6.54. The summed E-state index contributed by atoms with van der Waals surface area (Å²) in [6, 6.07) is 15.5. The summed E-state index contributed by atoms with van der Waals surface area (Å²) in [6.07, 6.45) is 5.78. The van der Waals surface area contributed by atoms with Gasteiger partial charge in [0.15, 0.2) is 0 Å². The Kier molecular flexibility index (Phi) is 5.74. The smallest absolute Gasteiger partial charge is 0.121 e. The van der Waals surface area contributed by atoms with Crippen molar-refractivity contribution in [1.82, 2.24) is 4.57 Å². The van der Waals surface area contributed by atoms with Crippen LogP contribution in [-0.2, 0) is 9.57 Å². The van der Waals surface area contributed by atoms with Gasteiger partial charge in [-0.05, 0) is 43.5 Å². The number of nitrogens with one attached hydrogen (secondary N) is 2. The van der Waals surface area contributed by atoms with E-state index in [0.717, 1.165) is 48.6 Å². The van der Waals surface area contributed by atoms with Gasteiger partial charge in [-0.15, -0.1) is 0 Å². The molecular formula is C25H31N3O3. The molecule has 2 N–H and O–H groups in total. The molecule has 0 spiro atoms. The van der Waals surface area contributed by atoms with Crippen molar-refractivity contribution in [2.24, 2.45) is 0 Å². The molecule has 1 aliphatic heterocycles. The van der Waals surface area contributed by atoms with E-state index >= 15 is 0 Å². The predicted octanol–water partition coefficient (Wildman–Crippen LogP) is 5.61. The van der Waals surface area contributed by atoms with E-state index in [1.165, 1.54) is 36.0 Å². The Balaban J connectivity index is 1.63. The van der Waals surface area contributed by atoms with Gasteiger partial charge in [0.1, 0.15) is 11.9 Å². The Morgan fingerprint density at radius 1 is 1.00 bits per heavy atom. The number of ether oxygens (including phenoxy) is 2. The van der Waals surface area contributed by atoms with Crippen LogP contribution in [-0.4, -0.2) is 38.0 Å². The molecular weight excluding hydrogens is 390 g/mol. The van der Waals surface area contributed by atoms with E-state index in [4.69, 9.17) is 14.3 Å². The molecule has 1 aromatic heterocycles. The first kappa shape index (κ1) is 20.2. The van der Waals surface area contributed by atoms with Crippen LogP contribution >= 0.6 is 0 Å². The average Bonchev–Trinajstić information content (AvgIpc) is 3.07. The normalized spacial score (nSPS) is 17.5. The molecule has 6 heteroatoms. The van der Waals surface area contributed by atoms with E-state index < -0.39 is 0 Å². The number of nitrogens with zero attached hydrogens (tertiary/aromatic N) is 1. The zero-order chi connectivity index (χ0) is 21.2. The molecule has 2 heterocycles. The largest absolute Gasteiger partial charge is 0.490 e. The molecule has 3 aromatic rings. The fourth-order valence-corrected chi connectivity index (χ4v) is 4.66. The molecule has 0 unspecified atom stereocenters. The molecule has 5 rings (SSSR count). The maximum atomic E-state index is 6.34. The van der Waals surface area contributed by atoms with Crippen LogP contribution in [0.3, 0.4) is 0 Å². The van der Waals surface area contributed by atoms with E-state index in [0.29, 0.717) is 6.04 Å². The molecule has 2 aromatic carbocycles. The second-order valence-corrected chi connectivity index (χ2v) is 8.42. The summed E-state index contributed by atoms with van der Waals surface area (Å²) in [5.41, 5.74) is 8.83. The topological polar surface area (TPSA) is 56.7 Å². The number of fused-ring (bicyclic) bond motifs is 1. The predicted molar refractivity (Wildman–Crippen MR) is 125 cm³/mol. The van der Waals surface area contributed by atoms with Crippen molar-refractivity contribution in [2.75, 3.05) is 38.2 Å². The maximum absolute atomic E-state index is 6.34. The molecule has 31 heavy (non-hydrogen) atoms. The van der Waals surface area contributed by atoms with Gasteiger partial charge in [-0.2, -0.15) is 0 Å². The summed E-state index contributed by atoms with van der Waals surface area (Å²) in [6.45, 7) is 1.56. The van der Waals surface area contributed by atoms with E-state index in [-0.39, 0.29) is 6.10 Å². The lowest BCUT2D eigenvalue weighted by molar-refractivity contribution is 0.0256. The van der Waals surface area contributed by atoms with Crippen LogP contribution in [0.15, 0.2) is 42.5 Å². The molecule has 6 nitrogen and oxygen atoms in total. The van der Waals surface area contributed by atoms with Gasteiger partial charge in [0.2, 0.25) is 0 Å². The Morgan fingerprint density at radius 2 is 1.77 bits per heavy atom. The summed E-state index contributed by atoms with van der Waals surface area (Å²) in [4.78, 5) is 5.42. The number of hydrogen-bond donors (Lipinski definition) is 2. The summed E-state index contributed by atoms with van der Waals surface area (Å²) < 4.78 is 14.3. The highest BCUT2D eigenvalue weighted by Crippen LogP contribution is 2.46. The first-order valence-corrected chi connectivity index (χ1v) is 11.3. The molecule has 1 saturated heterocycles. The van der Waals surface area contributed by atoms with Crippen LogP contribution < -0.4 is 15.5 Å². The molecule has 0 amide bonds. The van der Waals surface area contributed by atoms with Crippen molar-refractivity contribution in [2.45, 2.75) is 44.2 Å². The van der Waals surface area contributed by atoms with Crippen molar-refractivity contribution >= 4 is 22.3 Å². The number of benzene rings is 2. The van der Waals surface area contributed by atoms with Crippen LogP contribution in [0.5, 0.6) is 5.75 Å². The van der Waals surface area contributed by atoms with Crippen LogP contribution in [0.2, 0.25) is 0 Å². The lowest BCUT2D eigenvalue weighted by Gasteiger charge is -2.30. The molecule has 164 valence electrons. The summed E-state index contributed by atoms with van der Waals surface area (Å²) in [5.74, 6) is 0.929. The number of aromatic nitrogens is 1. The van der Waals surface area contributed by atoms with E-state index in [1.54, 1.807) is 7.11 Å². The Bertz CT molecular complexity index is 1030. The monoisotopic (exact) mass is 421 g/mol. The molecule has 2 fully saturated rings. The molecule has 0 radical (unpaired) electrons. The van der Waals surface area contributed by atoms with Crippen molar-refractivity contribution in [3.8, 4) is 17.0 Å². The zero-order valence-corrected chi connectivity index (χ0v) is 18.3. The van der Waals surface area contributed by atoms with Crippen LogP contribution in [0.1, 0.15) is 38.1 Å². The van der Waals surface area contributed by atoms with Crippen molar-refractivity contribution in [3.63, 3.8) is 0 Å². The van der Waals surface area contributed by atoms with E-state index in [2.05, 4.69) is 57.8 Å². The van der Waals surface area contributed by atoms with Gasteiger partial charge in [0.05, 0.1) is 37.2 Å². The molecule has 1 aliphatic carbocycles. The second-order valence-electron chi connectivity index (χ2n) is 8.42. The minimum Gasteiger partial charge on any atom is -0.490 e. The quantitative estimate of drug-likeness (QED) is 0.486. The molecule has 0 bridgehead atoms. The third kappa shape index (κ3) is 3.86. The summed E-state index contributed by atoms with van der Waals surface area (Å²) in [7, 11) is 3.61. The van der Waals surface area contributed by atoms with E-state index in [9.17, 15) is 0 Å². The molecule has 1 saturated carbocycles. The van der Waals surface area contributed by atoms with Crippen molar-refractivity contribution in [1.29, 1.82) is 0 Å².